The Hall–Kier alpha value is -3.23. The van der Waals surface area contributed by atoms with Gasteiger partial charge in [-0.25, -0.2) is 4.98 Å². The SMILES string of the molecule is CC(C)CCNC(Cc1cscn1)C(=O)NC(Cc1ccc(OCc2ccccc2)cc1)C(=O)NC(C)(C)C. The molecule has 2 atom stereocenters. The van der Waals surface area contributed by atoms with Gasteiger partial charge in [-0.3, -0.25) is 9.59 Å². The van der Waals surface area contributed by atoms with Gasteiger partial charge in [-0.15, -0.1) is 11.3 Å². The number of rotatable bonds is 14. The van der Waals surface area contributed by atoms with Crippen molar-refractivity contribution in [1.82, 2.24) is 20.9 Å². The zero-order chi connectivity index (χ0) is 28.3. The van der Waals surface area contributed by atoms with Crippen LogP contribution in [0.1, 0.15) is 57.9 Å². The van der Waals surface area contributed by atoms with E-state index < -0.39 is 17.6 Å². The molecule has 0 saturated heterocycles. The molecule has 0 spiro atoms. The van der Waals surface area contributed by atoms with Crippen molar-refractivity contribution in [2.45, 2.75) is 78.1 Å². The maximum Gasteiger partial charge on any atom is 0.243 e. The van der Waals surface area contributed by atoms with E-state index in [1.165, 1.54) is 11.3 Å². The second-order valence-corrected chi connectivity index (χ2v) is 12.0. The van der Waals surface area contributed by atoms with Gasteiger partial charge < -0.3 is 20.7 Å². The van der Waals surface area contributed by atoms with Gasteiger partial charge in [0.2, 0.25) is 11.8 Å². The second kappa shape index (κ2) is 14.8. The monoisotopic (exact) mass is 550 g/mol. The molecule has 0 aliphatic rings. The number of carbonyl (C=O) groups is 2. The Morgan fingerprint density at radius 1 is 0.923 bits per heavy atom. The largest absolute Gasteiger partial charge is 0.489 e. The fourth-order valence-electron chi connectivity index (χ4n) is 3.99. The van der Waals surface area contributed by atoms with Gasteiger partial charge >= 0.3 is 0 Å². The summed E-state index contributed by atoms with van der Waals surface area (Å²) in [4.78, 5) is 31.1. The highest BCUT2D eigenvalue weighted by Gasteiger charge is 2.28. The minimum atomic E-state index is -0.724. The van der Waals surface area contributed by atoms with E-state index in [1.54, 1.807) is 5.51 Å². The Labute approximate surface area is 236 Å². The van der Waals surface area contributed by atoms with Crippen LogP contribution >= 0.6 is 11.3 Å². The van der Waals surface area contributed by atoms with Crippen LogP contribution in [-0.4, -0.2) is 41.0 Å². The molecule has 210 valence electrons. The molecule has 39 heavy (non-hydrogen) atoms. The first-order valence-corrected chi connectivity index (χ1v) is 14.5. The Kier molecular flexibility index (Phi) is 11.5. The van der Waals surface area contributed by atoms with E-state index in [2.05, 4.69) is 34.8 Å². The molecule has 0 fully saturated rings. The van der Waals surface area contributed by atoms with E-state index >= 15 is 0 Å². The highest BCUT2D eigenvalue weighted by molar-refractivity contribution is 7.07. The molecule has 0 saturated carbocycles. The lowest BCUT2D eigenvalue weighted by atomic mass is 10.0. The van der Waals surface area contributed by atoms with Gasteiger partial charge in [0.1, 0.15) is 18.4 Å². The molecule has 3 aromatic rings. The van der Waals surface area contributed by atoms with E-state index in [9.17, 15) is 9.59 Å². The number of nitrogens with zero attached hydrogens (tertiary/aromatic N) is 1. The first-order valence-electron chi connectivity index (χ1n) is 13.6. The molecule has 2 aromatic carbocycles. The maximum absolute atomic E-state index is 13.5. The second-order valence-electron chi connectivity index (χ2n) is 11.3. The lowest BCUT2D eigenvalue weighted by Gasteiger charge is -2.27. The van der Waals surface area contributed by atoms with Crippen molar-refractivity contribution in [2.24, 2.45) is 5.92 Å². The van der Waals surface area contributed by atoms with Crippen molar-refractivity contribution in [3.05, 3.63) is 82.3 Å². The predicted molar refractivity (Wildman–Crippen MR) is 158 cm³/mol. The van der Waals surface area contributed by atoms with Gasteiger partial charge in [-0.05, 0) is 62.9 Å². The predicted octanol–water partition coefficient (Wildman–Crippen LogP) is 4.91. The number of hydrogen-bond donors (Lipinski definition) is 3. The average molecular weight is 551 g/mol. The third-order valence-electron chi connectivity index (χ3n) is 6.07. The summed E-state index contributed by atoms with van der Waals surface area (Å²) in [6.07, 6.45) is 1.78. The molecule has 1 heterocycles. The van der Waals surface area contributed by atoms with Crippen LogP contribution in [0, 0.1) is 5.92 Å². The third kappa shape index (κ3) is 11.2. The zero-order valence-electron chi connectivity index (χ0n) is 23.7. The number of amides is 2. The summed E-state index contributed by atoms with van der Waals surface area (Å²) in [5.74, 6) is 0.851. The van der Waals surface area contributed by atoms with Crippen LogP contribution in [0.25, 0.3) is 0 Å². The molecule has 7 nitrogen and oxygen atoms in total. The van der Waals surface area contributed by atoms with Crippen LogP contribution in [0.4, 0.5) is 0 Å². The molecule has 1 aromatic heterocycles. The van der Waals surface area contributed by atoms with Crippen molar-refractivity contribution in [2.75, 3.05) is 6.54 Å². The number of hydrogen-bond acceptors (Lipinski definition) is 6. The van der Waals surface area contributed by atoms with Crippen LogP contribution in [-0.2, 0) is 29.0 Å². The Balaban J connectivity index is 1.70. The molecule has 0 radical (unpaired) electrons. The van der Waals surface area contributed by atoms with Gasteiger partial charge in [0, 0.05) is 23.8 Å². The normalized spacial score (nSPS) is 13.1. The minimum Gasteiger partial charge on any atom is -0.489 e. The van der Waals surface area contributed by atoms with Crippen molar-refractivity contribution in [3.63, 3.8) is 0 Å². The van der Waals surface area contributed by atoms with Gasteiger partial charge in [0.15, 0.2) is 0 Å². The number of carbonyl (C=O) groups excluding carboxylic acids is 2. The Bertz CT molecular complexity index is 1140. The standard InChI is InChI=1S/C31H42N4O3S/c1-22(2)15-16-32-27(18-25-20-39-21-33-25)29(36)34-28(30(37)35-31(3,4)5)17-23-11-13-26(14-12-23)38-19-24-9-7-6-8-10-24/h6-14,20-22,27-28,32H,15-19H2,1-5H3,(H,34,36)(H,35,37). The first-order chi connectivity index (χ1) is 18.6. The fraction of sp³-hybridized carbons (Fsp3) is 0.452. The molecular formula is C31H42N4O3S. The van der Waals surface area contributed by atoms with Crippen molar-refractivity contribution in [3.8, 4) is 5.75 Å². The molecule has 2 unspecified atom stereocenters. The van der Waals surface area contributed by atoms with Crippen LogP contribution in [0.15, 0.2) is 65.5 Å². The summed E-state index contributed by atoms with van der Waals surface area (Å²) in [5, 5.41) is 11.4. The molecule has 0 aliphatic heterocycles. The number of nitrogens with one attached hydrogen (secondary N) is 3. The molecule has 0 aliphatic carbocycles. The minimum absolute atomic E-state index is 0.205. The number of ether oxygens (including phenoxy) is 1. The summed E-state index contributed by atoms with van der Waals surface area (Å²) < 4.78 is 5.90. The van der Waals surface area contributed by atoms with Crippen LogP contribution in [0.2, 0.25) is 0 Å². The quantitative estimate of drug-likeness (QED) is 0.265. The van der Waals surface area contributed by atoms with Crippen molar-refractivity contribution in [1.29, 1.82) is 0 Å². The molecule has 8 heteroatoms. The molecule has 3 N–H and O–H groups in total. The van der Waals surface area contributed by atoms with Crippen molar-refractivity contribution < 1.29 is 14.3 Å². The lowest BCUT2D eigenvalue weighted by Crippen LogP contribution is -2.56. The van der Waals surface area contributed by atoms with Gasteiger partial charge in [-0.2, -0.15) is 0 Å². The number of benzene rings is 2. The third-order valence-corrected chi connectivity index (χ3v) is 6.70. The van der Waals surface area contributed by atoms with E-state index in [0.717, 1.165) is 29.0 Å². The summed E-state index contributed by atoms with van der Waals surface area (Å²) >= 11 is 1.51. The molecule has 2 amide bonds. The lowest BCUT2D eigenvalue weighted by molar-refractivity contribution is -0.130. The van der Waals surface area contributed by atoms with E-state index in [0.29, 0.717) is 31.9 Å². The Morgan fingerprint density at radius 2 is 1.64 bits per heavy atom. The van der Waals surface area contributed by atoms with E-state index in [1.807, 2.05) is 80.7 Å². The highest BCUT2D eigenvalue weighted by atomic mass is 32.1. The highest BCUT2D eigenvalue weighted by Crippen LogP contribution is 2.16. The number of aromatic nitrogens is 1. The summed E-state index contributed by atoms with van der Waals surface area (Å²) in [5.41, 5.74) is 4.23. The molecule has 0 bridgehead atoms. The van der Waals surface area contributed by atoms with E-state index in [4.69, 9.17) is 4.74 Å². The number of thiazole rings is 1. The van der Waals surface area contributed by atoms with Gasteiger partial charge in [0.05, 0.1) is 17.2 Å². The molecule has 3 rings (SSSR count). The summed E-state index contributed by atoms with van der Waals surface area (Å²) in [6.45, 7) is 11.3. The van der Waals surface area contributed by atoms with Crippen molar-refractivity contribution >= 4 is 23.2 Å². The molecular weight excluding hydrogens is 508 g/mol. The smallest absolute Gasteiger partial charge is 0.243 e. The average Bonchev–Trinajstić information content (AvgIpc) is 3.40. The summed E-state index contributed by atoms with van der Waals surface area (Å²) in [7, 11) is 0. The van der Waals surface area contributed by atoms with Gasteiger partial charge in [-0.1, -0.05) is 56.3 Å². The first kappa shape index (κ1) is 30.3. The van der Waals surface area contributed by atoms with Gasteiger partial charge in [0.25, 0.3) is 0 Å². The fourth-order valence-corrected chi connectivity index (χ4v) is 4.56. The maximum atomic E-state index is 13.5. The summed E-state index contributed by atoms with van der Waals surface area (Å²) in [6, 6.07) is 16.5. The Morgan fingerprint density at radius 3 is 2.26 bits per heavy atom. The topological polar surface area (TPSA) is 92.3 Å². The van der Waals surface area contributed by atoms with Crippen LogP contribution < -0.4 is 20.7 Å². The van der Waals surface area contributed by atoms with Crippen LogP contribution in [0.5, 0.6) is 5.75 Å². The van der Waals surface area contributed by atoms with Crippen LogP contribution in [0.3, 0.4) is 0 Å². The van der Waals surface area contributed by atoms with E-state index in [-0.39, 0.29) is 11.8 Å². The zero-order valence-corrected chi connectivity index (χ0v) is 24.5.